The molecule has 0 unspecified atom stereocenters. The van der Waals surface area contributed by atoms with E-state index in [0.29, 0.717) is 0 Å². The van der Waals surface area contributed by atoms with Gasteiger partial charge in [0.1, 0.15) is 6.10 Å². The third-order valence-electron chi connectivity index (χ3n) is 2.60. The van der Waals surface area contributed by atoms with Crippen LogP contribution in [0.1, 0.15) is 25.0 Å². The fourth-order valence-electron chi connectivity index (χ4n) is 1.81. The first-order chi connectivity index (χ1) is 7.49. The summed E-state index contributed by atoms with van der Waals surface area (Å²) in [6, 6.07) is 1.72. The maximum absolute atomic E-state index is 13.0. The second-order valence-electron chi connectivity index (χ2n) is 3.89. The Labute approximate surface area is 90.0 Å². The summed E-state index contributed by atoms with van der Waals surface area (Å²) in [5, 5.41) is 0. The lowest BCUT2D eigenvalue weighted by atomic mass is 9.97. The summed E-state index contributed by atoms with van der Waals surface area (Å²) in [7, 11) is 0. The number of ether oxygens (including phenoxy) is 1. The van der Waals surface area contributed by atoms with Crippen LogP contribution in [-0.4, -0.2) is 5.97 Å². The van der Waals surface area contributed by atoms with Crippen molar-refractivity contribution in [3.8, 4) is 0 Å². The predicted molar refractivity (Wildman–Crippen MR) is 48.9 cm³/mol. The lowest BCUT2D eigenvalue weighted by Gasteiger charge is -2.14. The number of cyclic esters (lactones) is 1. The summed E-state index contributed by atoms with van der Waals surface area (Å²) in [5.74, 6) is -4.64. The van der Waals surface area contributed by atoms with Crippen molar-refractivity contribution >= 4 is 5.97 Å². The van der Waals surface area contributed by atoms with Crippen LogP contribution in [0, 0.1) is 23.4 Å². The van der Waals surface area contributed by atoms with Crippen LogP contribution in [0.4, 0.5) is 13.2 Å². The zero-order valence-electron chi connectivity index (χ0n) is 8.47. The van der Waals surface area contributed by atoms with E-state index >= 15 is 0 Å². The number of hydrogen-bond acceptors (Lipinski definition) is 2. The zero-order valence-corrected chi connectivity index (χ0v) is 8.47. The molecule has 1 aromatic rings. The second-order valence-corrected chi connectivity index (χ2v) is 3.89. The number of halogens is 3. The van der Waals surface area contributed by atoms with Crippen LogP contribution < -0.4 is 0 Å². The Morgan fingerprint density at radius 3 is 2.25 bits per heavy atom. The molecule has 1 aliphatic heterocycles. The summed E-state index contributed by atoms with van der Waals surface area (Å²) in [4.78, 5) is 11.0. The van der Waals surface area contributed by atoms with E-state index in [9.17, 15) is 18.0 Å². The molecule has 1 heterocycles. The topological polar surface area (TPSA) is 26.3 Å². The van der Waals surface area contributed by atoms with Gasteiger partial charge in [0.25, 0.3) is 0 Å². The quantitative estimate of drug-likeness (QED) is 0.547. The van der Waals surface area contributed by atoms with Gasteiger partial charge in [0.15, 0.2) is 17.5 Å². The molecular formula is C11H9F3O2. The minimum atomic E-state index is -1.51. The molecule has 1 aromatic carbocycles. The molecule has 1 saturated heterocycles. The van der Waals surface area contributed by atoms with E-state index in [4.69, 9.17) is 4.74 Å². The van der Waals surface area contributed by atoms with Gasteiger partial charge in [0.2, 0.25) is 0 Å². The van der Waals surface area contributed by atoms with Crippen molar-refractivity contribution in [1.29, 1.82) is 0 Å². The van der Waals surface area contributed by atoms with Crippen molar-refractivity contribution in [3.63, 3.8) is 0 Å². The Kier molecular flexibility index (Phi) is 2.61. The van der Waals surface area contributed by atoms with Crippen LogP contribution >= 0.6 is 0 Å². The van der Waals surface area contributed by atoms with Gasteiger partial charge >= 0.3 is 5.97 Å². The van der Waals surface area contributed by atoms with Gasteiger partial charge in [0.05, 0.1) is 6.42 Å². The maximum Gasteiger partial charge on any atom is 0.306 e. The first-order valence-corrected chi connectivity index (χ1v) is 4.83. The SMILES string of the molecule is C[C@@H]1CC(=O)O[C@@H]1c1cc(F)c(F)c(F)c1. The van der Waals surface area contributed by atoms with Crippen molar-refractivity contribution in [2.45, 2.75) is 19.4 Å². The number of benzene rings is 1. The highest BCUT2D eigenvalue weighted by Crippen LogP contribution is 2.35. The molecule has 1 fully saturated rings. The Hall–Kier alpha value is -1.52. The lowest BCUT2D eigenvalue weighted by molar-refractivity contribution is -0.141. The standard InChI is InChI=1S/C11H9F3O2/c1-5-2-9(15)16-11(5)6-3-7(12)10(14)8(13)4-6/h3-5,11H,2H2,1H3/t5-,11+/m1/s1. The lowest BCUT2D eigenvalue weighted by Crippen LogP contribution is -2.06. The van der Waals surface area contributed by atoms with E-state index < -0.39 is 29.5 Å². The summed E-state index contributed by atoms with van der Waals surface area (Å²) < 4.78 is 43.6. The molecule has 5 heteroatoms. The van der Waals surface area contributed by atoms with Crippen molar-refractivity contribution in [3.05, 3.63) is 35.1 Å². The monoisotopic (exact) mass is 230 g/mol. The molecule has 0 aliphatic carbocycles. The van der Waals surface area contributed by atoms with Crippen LogP contribution in [0.15, 0.2) is 12.1 Å². The Morgan fingerprint density at radius 1 is 1.25 bits per heavy atom. The van der Waals surface area contributed by atoms with Gasteiger partial charge in [-0.1, -0.05) is 6.92 Å². The fourth-order valence-corrected chi connectivity index (χ4v) is 1.81. The van der Waals surface area contributed by atoms with Gasteiger partial charge in [0, 0.05) is 5.92 Å². The number of esters is 1. The molecule has 0 radical (unpaired) electrons. The summed E-state index contributed by atoms with van der Waals surface area (Å²) in [5.41, 5.74) is 0.148. The number of carbonyl (C=O) groups excluding carboxylic acids is 1. The predicted octanol–water partition coefficient (Wildman–Crippen LogP) is 2.73. The van der Waals surface area contributed by atoms with E-state index in [1.165, 1.54) is 0 Å². The van der Waals surface area contributed by atoms with Gasteiger partial charge in [-0.2, -0.15) is 0 Å². The molecule has 2 rings (SSSR count). The molecule has 0 amide bonds. The minimum Gasteiger partial charge on any atom is -0.457 e. The Bertz CT molecular complexity index is 422. The average molecular weight is 230 g/mol. The van der Waals surface area contributed by atoms with E-state index in [2.05, 4.69) is 0 Å². The normalized spacial score (nSPS) is 24.6. The molecule has 0 bridgehead atoms. The first-order valence-electron chi connectivity index (χ1n) is 4.83. The molecule has 16 heavy (non-hydrogen) atoms. The molecule has 0 saturated carbocycles. The molecule has 2 nitrogen and oxygen atoms in total. The minimum absolute atomic E-state index is 0.148. The molecule has 0 aromatic heterocycles. The maximum atomic E-state index is 13.0. The number of carbonyl (C=O) groups is 1. The fraction of sp³-hybridized carbons (Fsp3) is 0.364. The molecule has 1 aliphatic rings. The first kappa shape index (κ1) is 11.0. The van der Waals surface area contributed by atoms with Gasteiger partial charge in [-0.25, -0.2) is 13.2 Å². The number of hydrogen-bond donors (Lipinski definition) is 0. The van der Waals surface area contributed by atoms with Gasteiger partial charge in [-0.05, 0) is 17.7 Å². The highest BCUT2D eigenvalue weighted by Gasteiger charge is 2.33. The van der Waals surface area contributed by atoms with E-state index in [1.54, 1.807) is 6.92 Å². The van der Waals surface area contributed by atoms with Gasteiger partial charge in [-0.15, -0.1) is 0 Å². The molecule has 0 N–H and O–H groups in total. The smallest absolute Gasteiger partial charge is 0.306 e. The summed E-state index contributed by atoms with van der Waals surface area (Å²) >= 11 is 0. The zero-order chi connectivity index (χ0) is 11.9. The van der Waals surface area contributed by atoms with Crippen LogP contribution in [0.5, 0.6) is 0 Å². The van der Waals surface area contributed by atoms with Gasteiger partial charge < -0.3 is 4.74 Å². The molecule has 0 spiro atoms. The third-order valence-corrected chi connectivity index (χ3v) is 2.60. The molecule has 2 atom stereocenters. The highest BCUT2D eigenvalue weighted by atomic mass is 19.2. The Balaban J connectivity index is 2.38. The van der Waals surface area contributed by atoms with E-state index in [0.717, 1.165) is 12.1 Å². The largest absolute Gasteiger partial charge is 0.457 e. The molecule has 86 valence electrons. The molecular weight excluding hydrogens is 221 g/mol. The highest BCUT2D eigenvalue weighted by molar-refractivity contribution is 5.72. The van der Waals surface area contributed by atoms with Gasteiger partial charge in [-0.3, -0.25) is 4.79 Å². The van der Waals surface area contributed by atoms with E-state index in [-0.39, 0.29) is 17.9 Å². The summed E-state index contributed by atoms with van der Waals surface area (Å²) in [6.45, 7) is 1.73. The van der Waals surface area contributed by atoms with Crippen molar-refractivity contribution < 1.29 is 22.7 Å². The second kappa shape index (κ2) is 3.81. The van der Waals surface area contributed by atoms with Crippen molar-refractivity contribution in [2.75, 3.05) is 0 Å². The number of rotatable bonds is 1. The van der Waals surface area contributed by atoms with Crippen LogP contribution in [0.25, 0.3) is 0 Å². The average Bonchev–Trinajstić information content (AvgIpc) is 2.53. The van der Waals surface area contributed by atoms with Crippen molar-refractivity contribution in [1.82, 2.24) is 0 Å². The third kappa shape index (κ3) is 1.77. The van der Waals surface area contributed by atoms with Crippen LogP contribution in [0.3, 0.4) is 0 Å². The van der Waals surface area contributed by atoms with Crippen LogP contribution in [0.2, 0.25) is 0 Å². The van der Waals surface area contributed by atoms with Crippen molar-refractivity contribution in [2.24, 2.45) is 5.92 Å². The Morgan fingerprint density at radius 2 is 1.81 bits per heavy atom. The summed E-state index contributed by atoms with van der Waals surface area (Å²) in [6.07, 6.45) is -0.497. The van der Waals surface area contributed by atoms with Crippen LogP contribution in [-0.2, 0) is 9.53 Å². The van der Waals surface area contributed by atoms with E-state index in [1.807, 2.05) is 0 Å².